The summed E-state index contributed by atoms with van der Waals surface area (Å²) in [7, 11) is 0. The Morgan fingerprint density at radius 2 is 2.00 bits per heavy atom. The third-order valence-electron chi connectivity index (χ3n) is 3.50. The van der Waals surface area contributed by atoms with E-state index in [2.05, 4.69) is 43.2 Å². The predicted molar refractivity (Wildman–Crippen MR) is 79.1 cm³/mol. The fraction of sp³-hybridized carbons (Fsp3) is 0.467. The lowest BCUT2D eigenvalue weighted by Crippen LogP contribution is -2.32. The molecule has 18 heavy (non-hydrogen) atoms. The zero-order valence-corrected chi connectivity index (χ0v) is 12.0. The summed E-state index contributed by atoms with van der Waals surface area (Å²) >= 11 is 6.39. The van der Waals surface area contributed by atoms with Gasteiger partial charge in [-0.1, -0.05) is 50.6 Å². The van der Waals surface area contributed by atoms with Crippen molar-refractivity contribution in [3.05, 3.63) is 35.0 Å². The fourth-order valence-corrected chi connectivity index (χ4v) is 2.65. The lowest BCUT2D eigenvalue weighted by Gasteiger charge is -2.20. The van der Waals surface area contributed by atoms with Crippen LogP contribution in [0.15, 0.2) is 24.3 Å². The highest BCUT2D eigenvalue weighted by Gasteiger charge is 2.13. The standard InChI is InChI=1S/C15H21ClN2/c1-4-12(10(2)3)17-9-14-15(16)11-7-5-6-8-13(11)18-14/h5-8,10,12,17-18H,4,9H2,1-3H3. The molecule has 0 radical (unpaired) electrons. The van der Waals surface area contributed by atoms with Gasteiger partial charge >= 0.3 is 0 Å². The van der Waals surface area contributed by atoms with Crippen molar-refractivity contribution >= 4 is 22.5 Å². The number of benzene rings is 1. The highest BCUT2D eigenvalue weighted by molar-refractivity contribution is 6.36. The third kappa shape index (κ3) is 2.70. The van der Waals surface area contributed by atoms with Crippen molar-refractivity contribution in [3.8, 4) is 0 Å². The number of H-pyrrole nitrogens is 1. The van der Waals surface area contributed by atoms with E-state index in [-0.39, 0.29) is 0 Å². The highest BCUT2D eigenvalue weighted by Crippen LogP contribution is 2.27. The molecule has 0 fully saturated rings. The van der Waals surface area contributed by atoms with Crippen LogP contribution in [0.5, 0.6) is 0 Å². The van der Waals surface area contributed by atoms with Crippen LogP contribution >= 0.6 is 11.6 Å². The van der Waals surface area contributed by atoms with Crippen LogP contribution in [0.1, 0.15) is 32.9 Å². The zero-order valence-electron chi connectivity index (χ0n) is 11.3. The normalized spacial score (nSPS) is 13.4. The van der Waals surface area contributed by atoms with E-state index in [4.69, 9.17) is 11.6 Å². The van der Waals surface area contributed by atoms with E-state index in [1.165, 1.54) is 0 Å². The molecule has 1 atom stereocenters. The molecule has 1 aromatic carbocycles. The SMILES string of the molecule is CCC(NCc1[nH]c2ccccc2c1Cl)C(C)C. The van der Waals surface area contributed by atoms with Gasteiger partial charge in [0.15, 0.2) is 0 Å². The first-order valence-electron chi connectivity index (χ1n) is 6.62. The van der Waals surface area contributed by atoms with Crippen LogP contribution in [0.4, 0.5) is 0 Å². The van der Waals surface area contributed by atoms with Crippen molar-refractivity contribution in [2.75, 3.05) is 0 Å². The minimum atomic E-state index is 0.535. The van der Waals surface area contributed by atoms with Gasteiger partial charge in [0, 0.05) is 29.2 Å². The molecule has 0 spiro atoms. The number of fused-ring (bicyclic) bond motifs is 1. The molecule has 2 aromatic rings. The van der Waals surface area contributed by atoms with Gasteiger partial charge < -0.3 is 10.3 Å². The second-order valence-corrected chi connectivity index (χ2v) is 5.48. The first kappa shape index (κ1) is 13.4. The monoisotopic (exact) mass is 264 g/mol. The van der Waals surface area contributed by atoms with E-state index in [0.717, 1.165) is 34.6 Å². The van der Waals surface area contributed by atoms with Gasteiger partial charge in [0.25, 0.3) is 0 Å². The van der Waals surface area contributed by atoms with Crippen molar-refractivity contribution in [1.82, 2.24) is 10.3 Å². The van der Waals surface area contributed by atoms with E-state index in [9.17, 15) is 0 Å². The number of nitrogens with one attached hydrogen (secondary N) is 2. The van der Waals surface area contributed by atoms with E-state index in [1.54, 1.807) is 0 Å². The maximum atomic E-state index is 6.39. The summed E-state index contributed by atoms with van der Waals surface area (Å²) in [6.07, 6.45) is 1.13. The van der Waals surface area contributed by atoms with Crippen LogP contribution in [0.2, 0.25) is 5.02 Å². The zero-order chi connectivity index (χ0) is 13.1. The number of para-hydroxylation sites is 1. The van der Waals surface area contributed by atoms with Gasteiger partial charge in [-0.2, -0.15) is 0 Å². The average Bonchev–Trinajstić information content (AvgIpc) is 2.67. The maximum absolute atomic E-state index is 6.39. The van der Waals surface area contributed by atoms with Crippen LogP contribution in [-0.2, 0) is 6.54 Å². The van der Waals surface area contributed by atoms with Crippen LogP contribution in [0, 0.1) is 5.92 Å². The lowest BCUT2D eigenvalue weighted by atomic mass is 10.0. The molecule has 2 nitrogen and oxygen atoms in total. The number of halogens is 1. The van der Waals surface area contributed by atoms with E-state index in [0.29, 0.717) is 12.0 Å². The third-order valence-corrected chi connectivity index (χ3v) is 3.93. The molecule has 1 aromatic heterocycles. The summed E-state index contributed by atoms with van der Waals surface area (Å²) in [5.74, 6) is 0.637. The topological polar surface area (TPSA) is 27.8 Å². The Labute approximate surface area is 114 Å². The van der Waals surface area contributed by atoms with Crippen LogP contribution < -0.4 is 5.32 Å². The second kappa shape index (κ2) is 5.77. The molecule has 2 N–H and O–H groups in total. The molecule has 0 aliphatic heterocycles. The number of hydrogen-bond donors (Lipinski definition) is 2. The molecule has 1 unspecified atom stereocenters. The largest absolute Gasteiger partial charge is 0.356 e. The first-order valence-corrected chi connectivity index (χ1v) is 6.99. The minimum Gasteiger partial charge on any atom is -0.356 e. The number of hydrogen-bond acceptors (Lipinski definition) is 1. The second-order valence-electron chi connectivity index (χ2n) is 5.10. The molecule has 3 heteroatoms. The quantitative estimate of drug-likeness (QED) is 0.826. The lowest BCUT2D eigenvalue weighted by molar-refractivity contribution is 0.386. The molecule has 0 saturated heterocycles. The molecule has 0 amide bonds. The Kier molecular flexibility index (Phi) is 4.31. The predicted octanol–water partition coefficient (Wildman–Crippen LogP) is 4.35. The molecule has 0 bridgehead atoms. The molecule has 2 rings (SSSR count). The smallest absolute Gasteiger partial charge is 0.0705 e. The number of aromatic nitrogens is 1. The number of rotatable bonds is 5. The molecule has 1 heterocycles. The maximum Gasteiger partial charge on any atom is 0.0705 e. The van der Waals surface area contributed by atoms with Gasteiger partial charge in [-0.25, -0.2) is 0 Å². The summed E-state index contributed by atoms with van der Waals surface area (Å²) in [6, 6.07) is 8.69. The Bertz CT molecular complexity index is 516. The Hall–Kier alpha value is -0.990. The summed E-state index contributed by atoms with van der Waals surface area (Å²) in [6.45, 7) is 7.50. The summed E-state index contributed by atoms with van der Waals surface area (Å²) < 4.78 is 0. The van der Waals surface area contributed by atoms with Crippen molar-refractivity contribution < 1.29 is 0 Å². The first-order chi connectivity index (χ1) is 8.63. The van der Waals surface area contributed by atoms with E-state index < -0.39 is 0 Å². The van der Waals surface area contributed by atoms with Crippen LogP contribution in [-0.4, -0.2) is 11.0 Å². The molecular weight excluding hydrogens is 244 g/mol. The average molecular weight is 265 g/mol. The summed E-state index contributed by atoms with van der Waals surface area (Å²) in [4.78, 5) is 3.39. The Morgan fingerprint density at radius 3 is 2.61 bits per heavy atom. The summed E-state index contributed by atoms with van der Waals surface area (Å²) in [5.41, 5.74) is 2.19. The van der Waals surface area contributed by atoms with Crippen LogP contribution in [0.25, 0.3) is 10.9 Å². The van der Waals surface area contributed by atoms with Gasteiger partial charge in [-0.15, -0.1) is 0 Å². The molecule has 0 aliphatic carbocycles. The van der Waals surface area contributed by atoms with Gasteiger partial charge in [-0.05, 0) is 18.4 Å². The Morgan fingerprint density at radius 1 is 1.28 bits per heavy atom. The fourth-order valence-electron chi connectivity index (χ4n) is 2.37. The minimum absolute atomic E-state index is 0.535. The Balaban J connectivity index is 2.14. The number of aromatic amines is 1. The molecular formula is C15H21ClN2. The van der Waals surface area contributed by atoms with Gasteiger partial charge in [0.2, 0.25) is 0 Å². The van der Waals surface area contributed by atoms with Crippen molar-refractivity contribution in [1.29, 1.82) is 0 Å². The molecule has 0 aliphatic rings. The van der Waals surface area contributed by atoms with E-state index >= 15 is 0 Å². The van der Waals surface area contributed by atoms with E-state index in [1.807, 2.05) is 12.1 Å². The van der Waals surface area contributed by atoms with Crippen molar-refractivity contribution in [2.45, 2.75) is 39.8 Å². The van der Waals surface area contributed by atoms with Gasteiger partial charge in [-0.3, -0.25) is 0 Å². The molecule has 98 valence electrons. The highest BCUT2D eigenvalue weighted by atomic mass is 35.5. The van der Waals surface area contributed by atoms with Crippen molar-refractivity contribution in [2.24, 2.45) is 5.92 Å². The van der Waals surface area contributed by atoms with Crippen LogP contribution in [0.3, 0.4) is 0 Å². The molecule has 0 saturated carbocycles. The summed E-state index contributed by atoms with van der Waals surface area (Å²) in [5, 5.41) is 5.52. The van der Waals surface area contributed by atoms with Gasteiger partial charge in [0.05, 0.1) is 5.02 Å². The van der Waals surface area contributed by atoms with Crippen molar-refractivity contribution in [3.63, 3.8) is 0 Å². The van der Waals surface area contributed by atoms with Gasteiger partial charge in [0.1, 0.15) is 0 Å².